The monoisotopic (exact) mass is 501 g/mol. The molecule has 1 aliphatic heterocycles. The van der Waals surface area contributed by atoms with E-state index in [1.165, 1.54) is 34.3 Å². The number of benzene rings is 2. The van der Waals surface area contributed by atoms with Gasteiger partial charge < -0.3 is 29.7 Å². The van der Waals surface area contributed by atoms with Crippen LogP contribution in [0.2, 0.25) is 0 Å². The molecule has 1 aliphatic rings. The number of rotatable bonds is 9. The Labute approximate surface area is 209 Å². The predicted molar refractivity (Wildman–Crippen MR) is 131 cm³/mol. The van der Waals surface area contributed by atoms with E-state index >= 15 is 0 Å². The van der Waals surface area contributed by atoms with E-state index in [1.54, 1.807) is 35.2 Å². The van der Waals surface area contributed by atoms with Crippen LogP contribution >= 0.6 is 0 Å². The van der Waals surface area contributed by atoms with Crippen LogP contribution in [0.1, 0.15) is 35.7 Å². The maximum Gasteiger partial charge on any atom is 0.254 e. The summed E-state index contributed by atoms with van der Waals surface area (Å²) in [5.41, 5.74) is 0.750. The average molecular weight is 502 g/mol. The third-order valence-corrected chi connectivity index (χ3v) is 6.12. The molecule has 1 atom stereocenters. The molecule has 0 saturated carbocycles. The first-order chi connectivity index (χ1) is 17.3. The molecule has 1 heterocycles. The molecule has 0 aromatic heterocycles. The molecule has 1 fully saturated rings. The number of amides is 3. The summed E-state index contributed by atoms with van der Waals surface area (Å²) in [7, 11) is 4.47. The molecule has 2 aromatic carbocycles. The van der Waals surface area contributed by atoms with Gasteiger partial charge in [0.25, 0.3) is 5.91 Å². The van der Waals surface area contributed by atoms with E-state index in [9.17, 15) is 18.8 Å². The van der Waals surface area contributed by atoms with E-state index in [4.69, 9.17) is 14.2 Å². The Morgan fingerprint density at radius 2 is 1.64 bits per heavy atom. The average Bonchev–Trinajstić information content (AvgIpc) is 2.88. The summed E-state index contributed by atoms with van der Waals surface area (Å²) < 4.78 is 30.1. The van der Waals surface area contributed by atoms with Gasteiger partial charge in [0, 0.05) is 38.0 Å². The lowest BCUT2D eigenvalue weighted by Crippen LogP contribution is -2.53. The van der Waals surface area contributed by atoms with Gasteiger partial charge in [-0.1, -0.05) is 18.2 Å². The van der Waals surface area contributed by atoms with Crippen LogP contribution in [0.3, 0.4) is 0 Å². The molecule has 0 radical (unpaired) electrons. The third kappa shape index (κ3) is 6.44. The van der Waals surface area contributed by atoms with Gasteiger partial charge in [-0.2, -0.15) is 0 Å². The lowest BCUT2D eigenvalue weighted by Gasteiger charge is -2.33. The van der Waals surface area contributed by atoms with Crippen molar-refractivity contribution in [2.24, 2.45) is 0 Å². The highest BCUT2D eigenvalue weighted by atomic mass is 19.1. The number of hydrogen-bond donors (Lipinski definition) is 2. The number of nitrogens with one attached hydrogen (secondary N) is 2. The number of ether oxygens (including phenoxy) is 3. The molecule has 36 heavy (non-hydrogen) atoms. The van der Waals surface area contributed by atoms with Crippen molar-refractivity contribution in [1.29, 1.82) is 0 Å². The van der Waals surface area contributed by atoms with Crippen LogP contribution in [-0.4, -0.2) is 69.1 Å². The highest BCUT2D eigenvalue weighted by molar-refractivity contribution is 5.95. The summed E-state index contributed by atoms with van der Waals surface area (Å²) in [6.45, 7) is 2.17. The van der Waals surface area contributed by atoms with Gasteiger partial charge in [0.2, 0.25) is 17.6 Å². The minimum absolute atomic E-state index is 0.0382. The van der Waals surface area contributed by atoms with E-state index in [-0.39, 0.29) is 30.2 Å². The van der Waals surface area contributed by atoms with Gasteiger partial charge >= 0.3 is 0 Å². The molecule has 10 heteroatoms. The molecule has 0 spiro atoms. The molecule has 3 amide bonds. The van der Waals surface area contributed by atoms with Crippen molar-refractivity contribution in [2.75, 3.05) is 34.4 Å². The first kappa shape index (κ1) is 26.8. The number of methoxy groups -OCH3 is 3. The molecule has 9 nitrogen and oxygen atoms in total. The van der Waals surface area contributed by atoms with Gasteiger partial charge in [-0.05, 0) is 36.6 Å². The fourth-order valence-electron chi connectivity index (χ4n) is 4.25. The second-order valence-corrected chi connectivity index (χ2v) is 8.54. The largest absolute Gasteiger partial charge is 0.493 e. The topological polar surface area (TPSA) is 106 Å². The van der Waals surface area contributed by atoms with E-state index < -0.39 is 11.9 Å². The Morgan fingerprint density at radius 3 is 2.17 bits per heavy atom. The number of nitrogens with zero attached hydrogens (tertiary/aromatic N) is 1. The van der Waals surface area contributed by atoms with Crippen molar-refractivity contribution in [3.8, 4) is 17.2 Å². The summed E-state index contributed by atoms with van der Waals surface area (Å²) in [4.78, 5) is 39.4. The molecule has 1 saturated heterocycles. The zero-order chi connectivity index (χ0) is 26.2. The number of halogens is 1. The minimum atomic E-state index is -0.904. The molecular weight excluding hydrogens is 469 g/mol. The Kier molecular flexibility index (Phi) is 9.10. The van der Waals surface area contributed by atoms with Crippen molar-refractivity contribution >= 4 is 17.7 Å². The number of likely N-dealkylation sites (tertiary alicyclic amines) is 1. The van der Waals surface area contributed by atoms with Crippen LogP contribution in [0, 0.1) is 5.82 Å². The van der Waals surface area contributed by atoms with E-state index in [0.29, 0.717) is 54.3 Å². The van der Waals surface area contributed by atoms with E-state index in [0.717, 1.165) is 0 Å². The van der Waals surface area contributed by atoms with E-state index in [2.05, 4.69) is 10.6 Å². The zero-order valence-corrected chi connectivity index (χ0v) is 20.9. The van der Waals surface area contributed by atoms with Crippen LogP contribution in [0.25, 0.3) is 0 Å². The second-order valence-electron chi connectivity index (χ2n) is 8.54. The minimum Gasteiger partial charge on any atom is -0.493 e. The number of carbonyl (C=O) groups is 3. The Bertz CT molecular complexity index is 1080. The number of carbonyl (C=O) groups excluding carboxylic acids is 3. The van der Waals surface area contributed by atoms with Crippen molar-refractivity contribution in [3.05, 3.63) is 53.3 Å². The summed E-state index contributed by atoms with van der Waals surface area (Å²) in [6.07, 6.45) is 1.11. The van der Waals surface area contributed by atoms with Crippen LogP contribution in [0.15, 0.2) is 36.4 Å². The molecule has 2 aromatic rings. The first-order valence-electron chi connectivity index (χ1n) is 11.7. The summed E-state index contributed by atoms with van der Waals surface area (Å²) in [6, 6.07) is 8.29. The molecule has 194 valence electrons. The third-order valence-electron chi connectivity index (χ3n) is 6.12. The summed E-state index contributed by atoms with van der Waals surface area (Å²) in [5, 5.41) is 5.55. The molecule has 0 aliphatic carbocycles. The quantitative estimate of drug-likeness (QED) is 0.546. The lowest BCUT2D eigenvalue weighted by atomic mass is 10.0. The van der Waals surface area contributed by atoms with Crippen LogP contribution in [0.5, 0.6) is 17.2 Å². The van der Waals surface area contributed by atoms with Gasteiger partial charge in [0.05, 0.1) is 21.3 Å². The standard InChI is InChI=1S/C26H32FN3O6/c1-16(31)28-21(13-17-7-5-6-8-20(17)27)25(32)29-19-9-11-30(12-10-19)26(33)18-14-22(34-2)24(36-4)23(15-18)35-3/h5-8,14-15,19,21H,9-13H2,1-4H3,(H,28,31)(H,29,32). The molecule has 2 N–H and O–H groups in total. The van der Waals surface area contributed by atoms with Crippen molar-refractivity contribution in [2.45, 2.75) is 38.3 Å². The number of hydrogen-bond acceptors (Lipinski definition) is 6. The van der Waals surface area contributed by atoms with Gasteiger partial charge in [0.1, 0.15) is 11.9 Å². The fraction of sp³-hybridized carbons (Fsp3) is 0.423. The maximum atomic E-state index is 14.1. The summed E-state index contributed by atoms with van der Waals surface area (Å²) >= 11 is 0. The molecular formula is C26H32FN3O6. The molecule has 3 rings (SSSR count). The van der Waals surface area contributed by atoms with Crippen LogP contribution in [-0.2, 0) is 16.0 Å². The van der Waals surface area contributed by atoms with Crippen molar-refractivity contribution in [1.82, 2.24) is 15.5 Å². The van der Waals surface area contributed by atoms with Gasteiger partial charge in [-0.15, -0.1) is 0 Å². The van der Waals surface area contributed by atoms with Gasteiger partial charge in [-0.3, -0.25) is 14.4 Å². The van der Waals surface area contributed by atoms with Crippen molar-refractivity contribution < 1.29 is 33.0 Å². The Balaban J connectivity index is 1.62. The van der Waals surface area contributed by atoms with Gasteiger partial charge in [0.15, 0.2) is 11.5 Å². The fourth-order valence-corrected chi connectivity index (χ4v) is 4.25. The Morgan fingerprint density at radius 1 is 1.03 bits per heavy atom. The SMILES string of the molecule is COc1cc(C(=O)N2CCC(NC(=O)C(Cc3ccccc3F)NC(C)=O)CC2)cc(OC)c1OC. The highest BCUT2D eigenvalue weighted by Gasteiger charge is 2.29. The van der Waals surface area contributed by atoms with Crippen LogP contribution in [0.4, 0.5) is 4.39 Å². The first-order valence-corrected chi connectivity index (χ1v) is 11.7. The lowest BCUT2D eigenvalue weighted by molar-refractivity contribution is -0.128. The van der Waals surface area contributed by atoms with Crippen molar-refractivity contribution in [3.63, 3.8) is 0 Å². The smallest absolute Gasteiger partial charge is 0.254 e. The second kappa shape index (κ2) is 12.2. The van der Waals surface area contributed by atoms with E-state index in [1.807, 2.05) is 0 Å². The van der Waals surface area contributed by atoms with Crippen LogP contribution < -0.4 is 24.8 Å². The number of piperidine rings is 1. The predicted octanol–water partition coefficient (Wildman–Crippen LogP) is 2.32. The van der Waals surface area contributed by atoms with Gasteiger partial charge in [-0.25, -0.2) is 4.39 Å². The zero-order valence-electron chi connectivity index (χ0n) is 20.9. The normalized spacial score (nSPS) is 14.5. The Hall–Kier alpha value is -3.82. The maximum absolute atomic E-state index is 14.1. The highest BCUT2D eigenvalue weighted by Crippen LogP contribution is 2.38. The summed E-state index contributed by atoms with van der Waals surface area (Å²) in [5.74, 6) is -0.196. The molecule has 0 bridgehead atoms. The molecule has 1 unspecified atom stereocenters.